The van der Waals surface area contributed by atoms with Gasteiger partial charge in [-0.1, -0.05) is 0 Å². The van der Waals surface area contributed by atoms with Gasteiger partial charge >= 0.3 is 5.97 Å². The number of benzene rings is 1. The number of nitrogens with one attached hydrogen (secondary N) is 2. The fourth-order valence-electron chi connectivity index (χ4n) is 4.98. The van der Waals surface area contributed by atoms with E-state index in [1.54, 1.807) is 24.3 Å². The Kier molecular flexibility index (Phi) is 5.27. The van der Waals surface area contributed by atoms with Crippen LogP contribution in [-0.4, -0.2) is 47.6 Å². The van der Waals surface area contributed by atoms with Gasteiger partial charge in [-0.15, -0.1) is 0 Å². The van der Waals surface area contributed by atoms with Gasteiger partial charge in [0.05, 0.1) is 11.8 Å². The molecule has 4 atom stereocenters. The van der Waals surface area contributed by atoms with Gasteiger partial charge in [0.2, 0.25) is 17.7 Å². The Morgan fingerprint density at radius 1 is 0.967 bits per heavy atom. The highest BCUT2D eigenvalue weighted by molar-refractivity contribution is 6.08. The van der Waals surface area contributed by atoms with Crippen LogP contribution in [0.1, 0.15) is 26.2 Å². The molecule has 9 nitrogen and oxygen atoms in total. The van der Waals surface area contributed by atoms with E-state index in [1.165, 1.54) is 6.92 Å². The van der Waals surface area contributed by atoms with Crippen LogP contribution in [0.2, 0.25) is 0 Å². The summed E-state index contributed by atoms with van der Waals surface area (Å²) in [5.41, 5.74) is 1.06. The molecular weight excluding hydrogens is 390 g/mol. The van der Waals surface area contributed by atoms with E-state index in [4.69, 9.17) is 4.74 Å². The highest BCUT2D eigenvalue weighted by atomic mass is 16.5. The second-order valence-electron chi connectivity index (χ2n) is 8.11. The van der Waals surface area contributed by atoms with Crippen molar-refractivity contribution in [2.45, 2.75) is 26.2 Å². The number of carbonyl (C=O) groups is 5. The van der Waals surface area contributed by atoms with E-state index in [0.717, 1.165) is 24.2 Å². The molecule has 30 heavy (non-hydrogen) atoms. The Morgan fingerprint density at radius 2 is 1.50 bits per heavy atom. The lowest BCUT2D eigenvalue weighted by Gasteiger charge is -2.19. The smallest absolute Gasteiger partial charge is 0.326 e. The van der Waals surface area contributed by atoms with Crippen LogP contribution < -0.4 is 10.6 Å². The summed E-state index contributed by atoms with van der Waals surface area (Å²) in [6, 6.07) is 6.44. The number of esters is 1. The molecule has 1 heterocycles. The molecule has 4 rings (SSSR count). The Labute approximate surface area is 173 Å². The van der Waals surface area contributed by atoms with Gasteiger partial charge < -0.3 is 15.4 Å². The summed E-state index contributed by atoms with van der Waals surface area (Å²) < 4.78 is 4.95. The number of amides is 4. The maximum Gasteiger partial charge on any atom is 0.326 e. The first kappa shape index (κ1) is 20.1. The minimum Gasteiger partial charge on any atom is -0.454 e. The summed E-state index contributed by atoms with van der Waals surface area (Å²) in [5.74, 6) is -2.17. The molecule has 0 spiro atoms. The van der Waals surface area contributed by atoms with E-state index in [-0.39, 0.29) is 41.4 Å². The molecule has 1 saturated heterocycles. The SMILES string of the molecule is CC(=O)Nc1ccc(NC(=O)COC(=O)CN2C(=O)[C@H]3[C@H]4CC[C@@H](C4)[C@@H]3C2=O)cc1. The van der Waals surface area contributed by atoms with Crippen LogP contribution in [0.4, 0.5) is 11.4 Å². The van der Waals surface area contributed by atoms with E-state index in [2.05, 4.69) is 10.6 Å². The van der Waals surface area contributed by atoms with Gasteiger partial charge in [0.25, 0.3) is 5.91 Å². The number of fused-ring (bicyclic) bond motifs is 5. The predicted octanol–water partition coefficient (Wildman–Crippen LogP) is 1.16. The highest BCUT2D eigenvalue weighted by Gasteiger charge is 2.61. The number of hydrogen-bond acceptors (Lipinski definition) is 6. The van der Waals surface area contributed by atoms with E-state index < -0.39 is 25.0 Å². The van der Waals surface area contributed by atoms with Gasteiger partial charge in [0, 0.05) is 18.3 Å². The Hall–Kier alpha value is -3.23. The van der Waals surface area contributed by atoms with Crippen molar-refractivity contribution in [3.05, 3.63) is 24.3 Å². The average Bonchev–Trinajstić information content (AvgIpc) is 3.38. The summed E-state index contributed by atoms with van der Waals surface area (Å²) >= 11 is 0. The van der Waals surface area contributed by atoms with E-state index in [1.807, 2.05) is 0 Å². The molecule has 1 aromatic carbocycles. The number of nitrogens with zero attached hydrogens (tertiary/aromatic N) is 1. The van der Waals surface area contributed by atoms with Crippen molar-refractivity contribution in [2.24, 2.45) is 23.7 Å². The summed E-state index contributed by atoms with van der Waals surface area (Å²) in [5, 5.41) is 5.17. The first-order valence-electron chi connectivity index (χ1n) is 10.0. The lowest BCUT2D eigenvalue weighted by molar-refractivity contribution is -0.154. The van der Waals surface area contributed by atoms with Crippen molar-refractivity contribution in [1.29, 1.82) is 0 Å². The summed E-state index contributed by atoms with van der Waals surface area (Å²) in [7, 11) is 0. The Balaban J connectivity index is 1.25. The van der Waals surface area contributed by atoms with Crippen molar-refractivity contribution in [2.75, 3.05) is 23.8 Å². The largest absolute Gasteiger partial charge is 0.454 e. The standard InChI is InChI=1S/C21H23N3O6/c1-11(25)22-14-4-6-15(7-5-14)23-16(26)10-30-17(27)9-24-20(28)18-12-2-3-13(8-12)19(18)21(24)29/h4-7,12-13,18-19H,2-3,8-10H2,1H3,(H,22,25)(H,23,26)/t12-,13-,18-,19-/m0/s1. The molecule has 9 heteroatoms. The number of anilines is 2. The van der Waals surface area contributed by atoms with Crippen LogP contribution in [0, 0.1) is 23.7 Å². The molecule has 0 aromatic heterocycles. The molecular formula is C21H23N3O6. The molecule has 158 valence electrons. The molecule has 1 aromatic rings. The number of carbonyl (C=O) groups excluding carboxylic acids is 5. The number of likely N-dealkylation sites (tertiary alicyclic amines) is 1. The minimum atomic E-state index is -0.792. The lowest BCUT2D eigenvalue weighted by Crippen LogP contribution is -2.38. The topological polar surface area (TPSA) is 122 Å². The maximum absolute atomic E-state index is 12.6. The summed E-state index contributed by atoms with van der Waals surface area (Å²) in [6.07, 6.45) is 2.86. The van der Waals surface area contributed by atoms with Gasteiger partial charge in [-0.25, -0.2) is 0 Å². The van der Waals surface area contributed by atoms with Crippen LogP contribution in [0.5, 0.6) is 0 Å². The number of ether oxygens (including phenoxy) is 1. The van der Waals surface area contributed by atoms with E-state index in [9.17, 15) is 24.0 Å². The van der Waals surface area contributed by atoms with Crippen LogP contribution in [-0.2, 0) is 28.7 Å². The third-order valence-electron chi connectivity index (χ3n) is 6.16. The fraction of sp³-hybridized carbons (Fsp3) is 0.476. The summed E-state index contributed by atoms with van der Waals surface area (Å²) in [4.78, 5) is 61.3. The van der Waals surface area contributed by atoms with Gasteiger partial charge in [-0.3, -0.25) is 28.9 Å². The quantitative estimate of drug-likeness (QED) is 0.533. The van der Waals surface area contributed by atoms with Gasteiger partial charge in [-0.05, 0) is 55.4 Å². The second kappa shape index (κ2) is 7.89. The molecule has 2 saturated carbocycles. The summed E-state index contributed by atoms with van der Waals surface area (Å²) in [6.45, 7) is 0.410. The van der Waals surface area contributed by atoms with Crippen molar-refractivity contribution in [3.63, 3.8) is 0 Å². The fourth-order valence-corrected chi connectivity index (χ4v) is 4.98. The zero-order chi connectivity index (χ0) is 21.4. The molecule has 0 radical (unpaired) electrons. The third-order valence-corrected chi connectivity index (χ3v) is 6.16. The number of rotatable bonds is 6. The van der Waals surface area contributed by atoms with Crippen LogP contribution in [0.25, 0.3) is 0 Å². The number of imide groups is 1. The van der Waals surface area contributed by atoms with Gasteiger partial charge in [0.1, 0.15) is 6.54 Å². The zero-order valence-corrected chi connectivity index (χ0v) is 16.6. The molecule has 1 aliphatic heterocycles. The van der Waals surface area contributed by atoms with E-state index in [0.29, 0.717) is 11.4 Å². The maximum atomic E-state index is 12.6. The first-order valence-corrected chi connectivity index (χ1v) is 10.0. The van der Waals surface area contributed by atoms with Crippen molar-refractivity contribution < 1.29 is 28.7 Å². The Bertz CT molecular complexity index is 884. The number of hydrogen-bond donors (Lipinski definition) is 2. The first-order chi connectivity index (χ1) is 14.3. The highest BCUT2D eigenvalue weighted by Crippen LogP contribution is 2.56. The average molecular weight is 413 g/mol. The van der Waals surface area contributed by atoms with Gasteiger partial charge in [0.15, 0.2) is 6.61 Å². The van der Waals surface area contributed by atoms with Crippen molar-refractivity contribution in [1.82, 2.24) is 4.90 Å². The molecule has 4 amide bonds. The Morgan fingerprint density at radius 3 is 2.03 bits per heavy atom. The van der Waals surface area contributed by atoms with E-state index >= 15 is 0 Å². The van der Waals surface area contributed by atoms with Crippen molar-refractivity contribution in [3.8, 4) is 0 Å². The van der Waals surface area contributed by atoms with Gasteiger partial charge in [-0.2, -0.15) is 0 Å². The van der Waals surface area contributed by atoms with Crippen LogP contribution in [0.3, 0.4) is 0 Å². The van der Waals surface area contributed by atoms with Crippen LogP contribution >= 0.6 is 0 Å². The normalized spacial score (nSPS) is 26.5. The second-order valence-corrected chi connectivity index (χ2v) is 8.11. The molecule has 3 aliphatic rings. The molecule has 3 fully saturated rings. The molecule has 0 unspecified atom stereocenters. The molecule has 2 bridgehead atoms. The predicted molar refractivity (Wildman–Crippen MR) is 105 cm³/mol. The molecule has 2 aliphatic carbocycles. The zero-order valence-electron chi connectivity index (χ0n) is 16.6. The van der Waals surface area contributed by atoms with Crippen LogP contribution in [0.15, 0.2) is 24.3 Å². The third kappa shape index (κ3) is 3.79. The molecule has 2 N–H and O–H groups in total. The van der Waals surface area contributed by atoms with Crippen molar-refractivity contribution >= 4 is 41.0 Å². The lowest BCUT2D eigenvalue weighted by atomic mass is 9.81. The minimum absolute atomic E-state index is 0.204. The monoisotopic (exact) mass is 413 g/mol.